The first kappa shape index (κ1) is 14.5. The van der Waals surface area contributed by atoms with Crippen molar-refractivity contribution in [1.82, 2.24) is 5.32 Å². The van der Waals surface area contributed by atoms with Gasteiger partial charge in [-0.25, -0.2) is 4.39 Å². The monoisotopic (exact) mass is 273 g/mol. The lowest BCUT2D eigenvalue weighted by Gasteiger charge is -2.18. The van der Waals surface area contributed by atoms with E-state index in [0.717, 1.165) is 30.6 Å². The molecule has 0 amide bonds. The molecule has 2 nitrogen and oxygen atoms in total. The predicted molar refractivity (Wildman–Crippen MR) is 79.5 cm³/mol. The second kappa shape index (κ2) is 7.06. The summed E-state index contributed by atoms with van der Waals surface area (Å²) in [7, 11) is 0. The molecule has 0 aliphatic rings. The molecule has 2 aromatic carbocycles. The Morgan fingerprint density at radius 3 is 2.45 bits per heavy atom. The summed E-state index contributed by atoms with van der Waals surface area (Å²) in [6.07, 6.45) is 0.744. The van der Waals surface area contributed by atoms with Crippen molar-refractivity contribution < 1.29 is 9.50 Å². The van der Waals surface area contributed by atoms with E-state index in [4.69, 9.17) is 0 Å². The second-order valence-electron chi connectivity index (χ2n) is 4.90. The molecule has 0 aliphatic heterocycles. The van der Waals surface area contributed by atoms with Crippen LogP contribution in [0.2, 0.25) is 0 Å². The number of halogens is 1. The average Bonchev–Trinajstić information content (AvgIpc) is 2.46. The normalized spacial score (nSPS) is 12.3. The first-order valence-electron chi connectivity index (χ1n) is 6.93. The highest BCUT2D eigenvalue weighted by Crippen LogP contribution is 2.24. The van der Waals surface area contributed by atoms with Crippen molar-refractivity contribution in [2.75, 3.05) is 13.1 Å². The van der Waals surface area contributed by atoms with Gasteiger partial charge in [0, 0.05) is 12.5 Å². The van der Waals surface area contributed by atoms with E-state index in [9.17, 15) is 9.50 Å². The van der Waals surface area contributed by atoms with Gasteiger partial charge < -0.3 is 10.4 Å². The molecule has 1 atom stereocenters. The fourth-order valence-corrected chi connectivity index (χ4v) is 2.33. The number of hydrogen-bond donors (Lipinski definition) is 2. The van der Waals surface area contributed by atoms with Gasteiger partial charge in [0.25, 0.3) is 0 Å². The molecule has 1 unspecified atom stereocenters. The molecule has 2 N–H and O–H groups in total. The van der Waals surface area contributed by atoms with E-state index in [1.54, 1.807) is 18.2 Å². The zero-order chi connectivity index (χ0) is 14.4. The highest BCUT2D eigenvalue weighted by atomic mass is 19.1. The van der Waals surface area contributed by atoms with Crippen LogP contribution in [0.3, 0.4) is 0 Å². The molecule has 0 fully saturated rings. The average molecular weight is 273 g/mol. The number of phenols is 1. The molecule has 20 heavy (non-hydrogen) atoms. The second-order valence-corrected chi connectivity index (χ2v) is 4.90. The Labute approximate surface area is 119 Å². The van der Waals surface area contributed by atoms with Crippen LogP contribution in [0, 0.1) is 5.82 Å². The summed E-state index contributed by atoms with van der Waals surface area (Å²) in [5.74, 6) is 0.178. The molecule has 106 valence electrons. The lowest BCUT2D eigenvalue weighted by atomic mass is 9.91. The van der Waals surface area contributed by atoms with E-state index >= 15 is 0 Å². The van der Waals surface area contributed by atoms with Crippen molar-refractivity contribution in [2.24, 2.45) is 0 Å². The standard InChI is InChI=1S/C17H20FNO/c1-2-19-12-14(16-5-3-4-6-17(16)18)11-13-7-9-15(20)10-8-13/h3-10,14,19-20H,2,11-12H2,1H3. The Hall–Kier alpha value is -1.87. The molecule has 0 heterocycles. The summed E-state index contributed by atoms with van der Waals surface area (Å²) in [5.41, 5.74) is 1.83. The molecular weight excluding hydrogens is 253 g/mol. The maximum atomic E-state index is 14.0. The van der Waals surface area contributed by atoms with Crippen LogP contribution in [0.5, 0.6) is 5.75 Å². The molecule has 3 heteroatoms. The lowest BCUT2D eigenvalue weighted by Crippen LogP contribution is -2.23. The lowest BCUT2D eigenvalue weighted by molar-refractivity contribution is 0.474. The number of likely N-dealkylation sites (N-methyl/N-ethyl adjacent to an activating group) is 1. The molecule has 0 saturated carbocycles. The van der Waals surface area contributed by atoms with Crippen molar-refractivity contribution in [2.45, 2.75) is 19.3 Å². The van der Waals surface area contributed by atoms with Crippen molar-refractivity contribution in [1.29, 1.82) is 0 Å². The number of hydrogen-bond acceptors (Lipinski definition) is 2. The molecule has 0 bridgehead atoms. The maximum absolute atomic E-state index is 14.0. The van der Waals surface area contributed by atoms with Crippen LogP contribution < -0.4 is 5.32 Å². The van der Waals surface area contributed by atoms with Gasteiger partial charge in [-0.2, -0.15) is 0 Å². The molecule has 2 rings (SSSR count). The molecule has 0 saturated heterocycles. The molecular formula is C17H20FNO. The van der Waals surface area contributed by atoms with Gasteiger partial charge in [-0.05, 0) is 42.3 Å². The number of aromatic hydroxyl groups is 1. The van der Waals surface area contributed by atoms with Crippen molar-refractivity contribution in [3.63, 3.8) is 0 Å². The van der Waals surface area contributed by atoms with Gasteiger partial charge in [0.2, 0.25) is 0 Å². The fourth-order valence-electron chi connectivity index (χ4n) is 2.33. The number of benzene rings is 2. The summed E-state index contributed by atoms with van der Waals surface area (Å²) in [6.45, 7) is 3.64. The predicted octanol–water partition coefficient (Wildman–Crippen LogP) is 3.47. The van der Waals surface area contributed by atoms with E-state index in [1.165, 1.54) is 6.07 Å². The van der Waals surface area contributed by atoms with Crippen LogP contribution >= 0.6 is 0 Å². The fraction of sp³-hybridized carbons (Fsp3) is 0.294. The minimum Gasteiger partial charge on any atom is -0.508 e. The SMILES string of the molecule is CCNCC(Cc1ccc(O)cc1)c1ccccc1F. The van der Waals surface area contributed by atoms with Crippen LogP contribution in [-0.4, -0.2) is 18.2 Å². The summed E-state index contributed by atoms with van der Waals surface area (Å²) < 4.78 is 14.0. The third-order valence-electron chi connectivity index (χ3n) is 3.40. The zero-order valence-electron chi connectivity index (χ0n) is 11.6. The molecule has 0 aliphatic carbocycles. The smallest absolute Gasteiger partial charge is 0.126 e. The first-order valence-corrected chi connectivity index (χ1v) is 6.93. The van der Waals surface area contributed by atoms with Gasteiger partial charge in [0.05, 0.1) is 0 Å². The van der Waals surface area contributed by atoms with Gasteiger partial charge in [0.15, 0.2) is 0 Å². The van der Waals surface area contributed by atoms with Crippen molar-refractivity contribution in [3.8, 4) is 5.75 Å². The van der Waals surface area contributed by atoms with E-state index in [-0.39, 0.29) is 17.5 Å². The van der Waals surface area contributed by atoms with Gasteiger partial charge in [-0.1, -0.05) is 37.3 Å². The van der Waals surface area contributed by atoms with E-state index in [1.807, 2.05) is 31.2 Å². The Morgan fingerprint density at radius 1 is 1.10 bits per heavy atom. The van der Waals surface area contributed by atoms with E-state index < -0.39 is 0 Å². The van der Waals surface area contributed by atoms with E-state index in [0.29, 0.717) is 0 Å². The Kier molecular flexibility index (Phi) is 5.13. The summed E-state index contributed by atoms with van der Waals surface area (Å²) in [4.78, 5) is 0. The van der Waals surface area contributed by atoms with Crippen LogP contribution in [-0.2, 0) is 6.42 Å². The third-order valence-corrected chi connectivity index (χ3v) is 3.40. The molecule has 2 aromatic rings. The van der Waals surface area contributed by atoms with Crippen LogP contribution in [0.25, 0.3) is 0 Å². The summed E-state index contributed by atoms with van der Waals surface area (Å²) >= 11 is 0. The molecule has 0 aromatic heterocycles. The Bertz CT molecular complexity index is 539. The molecule has 0 spiro atoms. The quantitative estimate of drug-likeness (QED) is 0.844. The maximum Gasteiger partial charge on any atom is 0.126 e. The van der Waals surface area contributed by atoms with Gasteiger partial charge in [-0.15, -0.1) is 0 Å². The summed E-state index contributed by atoms with van der Waals surface area (Å²) in [6, 6.07) is 14.0. The number of phenolic OH excluding ortho intramolecular Hbond substituents is 1. The largest absolute Gasteiger partial charge is 0.508 e. The Balaban J connectivity index is 2.19. The highest BCUT2D eigenvalue weighted by molar-refractivity contribution is 5.29. The first-order chi connectivity index (χ1) is 9.70. The van der Waals surface area contributed by atoms with Crippen molar-refractivity contribution in [3.05, 3.63) is 65.5 Å². The number of nitrogens with one attached hydrogen (secondary N) is 1. The van der Waals surface area contributed by atoms with E-state index in [2.05, 4.69) is 5.32 Å². The van der Waals surface area contributed by atoms with Crippen LogP contribution in [0.1, 0.15) is 24.0 Å². The van der Waals surface area contributed by atoms with Gasteiger partial charge in [0.1, 0.15) is 11.6 Å². The minimum atomic E-state index is -0.158. The highest BCUT2D eigenvalue weighted by Gasteiger charge is 2.15. The third kappa shape index (κ3) is 3.81. The Morgan fingerprint density at radius 2 is 1.80 bits per heavy atom. The van der Waals surface area contributed by atoms with Crippen LogP contribution in [0.15, 0.2) is 48.5 Å². The summed E-state index contributed by atoms with van der Waals surface area (Å²) in [5, 5.41) is 12.6. The number of rotatable bonds is 6. The minimum absolute atomic E-state index is 0.0840. The van der Waals surface area contributed by atoms with Gasteiger partial charge >= 0.3 is 0 Å². The topological polar surface area (TPSA) is 32.3 Å². The van der Waals surface area contributed by atoms with Crippen LogP contribution in [0.4, 0.5) is 4.39 Å². The van der Waals surface area contributed by atoms with Gasteiger partial charge in [-0.3, -0.25) is 0 Å². The molecule has 0 radical (unpaired) electrons. The van der Waals surface area contributed by atoms with Crippen molar-refractivity contribution >= 4 is 0 Å². The zero-order valence-corrected chi connectivity index (χ0v) is 11.6.